The van der Waals surface area contributed by atoms with Crippen molar-refractivity contribution >= 4 is 11.9 Å². The van der Waals surface area contributed by atoms with E-state index in [1.807, 2.05) is 19.9 Å². The Morgan fingerprint density at radius 2 is 2.12 bits per heavy atom. The minimum Gasteiger partial charge on any atom is -0.378 e. The number of nitrogens with zero attached hydrogens (tertiary/aromatic N) is 4. The number of amides is 1. The third kappa shape index (κ3) is 4.54. The van der Waals surface area contributed by atoms with E-state index < -0.39 is 0 Å². The summed E-state index contributed by atoms with van der Waals surface area (Å²) in [6, 6.07) is 1.82. The van der Waals surface area contributed by atoms with Gasteiger partial charge in [0.15, 0.2) is 0 Å². The van der Waals surface area contributed by atoms with E-state index in [1.54, 1.807) is 6.20 Å². The first-order chi connectivity index (χ1) is 12.1. The molecule has 134 valence electrons. The monoisotopic (exact) mass is 345 g/mol. The molecule has 0 unspecified atom stereocenters. The van der Waals surface area contributed by atoms with Gasteiger partial charge >= 0.3 is 0 Å². The maximum Gasteiger partial charge on any atom is 0.225 e. The Kier molecular flexibility index (Phi) is 5.60. The second-order valence-electron chi connectivity index (χ2n) is 6.03. The van der Waals surface area contributed by atoms with E-state index in [0.29, 0.717) is 38.5 Å². The molecule has 0 atom stereocenters. The van der Waals surface area contributed by atoms with Crippen molar-refractivity contribution in [3.05, 3.63) is 35.0 Å². The van der Waals surface area contributed by atoms with E-state index in [9.17, 15) is 4.79 Å². The summed E-state index contributed by atoms with van der Waals surface area (Å²) in [6.45, 7) is 7.08. The predicted molar refractivity (Wildman–Crippen MR) is 91.2 cm³/mol. The van der Waals surface area contributed by atoms with Gasteiger partial charge < -0.3 is 19.5 Å². The topological polar surface area (TPSA) is 93.4 Å². The second-order valence-corrected chi connectivity index (χ2v) is 6.03. The molecular formula is C17H23N5O3. The molecule has 0 spiro atoms. The fourth-order valence-corrected chi connectivity index (χ4v) is 2.77. The van der Waals surface area contributed by atoms with Crippen LogP contribution in [0.1, 0.15) is 29.1 Å². The van der Waals surface area contributed by atoms with E-state index in [2.05, 4.69) is 25.3 Å². The first kappa shape index (κ1) is 17.3. The van der Waals surface area contributed by atoms with Crippen molar-refractivity contribution in [3.8, 4) is 0 Å². The standard InChI is InChI=1S/C17H23N5O3/c1-12-15(13(2)25-21-12)3-4-16(23)19-11-14-5-6-18-17(20-14)22-7-9-24-10-8-22/h5-6H,3-4,7-11H2,1-2H3,(H,19,23). The van der Waals surface area contributed by atoms with Gasteiger partial charge in [0, 0.05) is 31.3 Å². The molecule has 0 bridgehead atoms. The first-order valence-electron chi connectivity index (χ1n) is 8.46. The van der Waals surface area contributed by atoms with Crippen LogP contribution >= 0.6 is 0 Å². The Morgan fingerprint density at radius 3 is 2.84 bits per heavy atom. The van der Waals surface area contributed by atoms with E-state index in [-0.39, 0.29) is 5.91 Å². The van der Waals surface area contributed by atoms with Crippen molar-refractivity contribution in [1.29, 1.82) is 0 Å². The zero-order valence-electron chi connectivity index (χ0n) is 14.6. The number of aryl methyl sites for hydroxylation is 2. The number of carbonyl (C=O) groups is 1. The number of morpholine rings is 1. The number of nitrogens with one attached hydrogen (secondary N) is 1. The molecule has 1 aliphatic heterocycles. The summed E-state index contributed by atoms with van der Waals surface area (Å²) in [5.74, 6) is 1.44. The van der Waals surface area contributed by atoms with Gasteiger partial charge in [0.05, 0.1) is 31.1 Å². The average molecular weight is 345 g/mol. The van der Waals surface area contributed by atoms with Gasteiger partial charge in [-0.15, -0.1) is 0 Å². The van der Waals surface area contributed by atoms with Crippen LogP contribution in [0, 0.1) is 13.8 Å². The molecule has 1 N–H and O–H groups in total. The van der Waals surface area contributed by atoms with Crippen LogP contribution in [-0.4, -0.2) is 47.3 Å². The molecule has 3 rings (SSSR count). The molecule has 8 nitrogen and oxygen atoms in total. The lowest BCUT2D eigenvalue weighted by molar-refractivity contribution is -0.121. The van der Waals surface area contributed by atoms with Gasteiger partial charge in [-0.1, -0.05) is 5.16 Å². The van der Waals surface area contributed by atoms with Crippen molar-refractivity contribution in [2.24, 2.45) is 0 Å². The molecule has 1 amide bonds. The third-order valence-corrected chi connectivity index (χ3v) is 4.24. The zero-order chi connectivity index (χ0) is 17.6. The normalized spacial score (nSPS) is 14.6. The van der Waals surface area contributed by atoms with Crippen LogP contribution in [0.3, 0.4) is 0 Å². The van der Waals surface area contributed by atoms with Gasteiger partial charge in [0.25, 0.3) is 0 Å². The molecule has 0 aromatic carbocycles. The Balaban J connectivity index is 1.50. The van der Waals surface area contributed by atoms with Crippen LogP contribution in [0.2, 0.25) is 0 Å². The van der Waals surface area contributed by atoms with Gasteiger partial charge in [0.1, 0.15) is 5.76 Å². The van der Waals surface area contributed by atoms with Crippen molar-refractivity contribution in [3.63, 3.8) is 0 Å². The minimum atomic E-state index is -0.0217. The van der Waals surface area contributed by atoms with Crippen LogP contribution in [-0.2, 0) is 22.5 Å². The molecule has 0 radical (unpaired) electrons. The highest BCUT2D eigenvalue weighted by Gasteiger charge is 2.14. The highest BCUT2D eigenvalue weighted by atomic mass is 16.5. The summed E-state index contributed by atoms with van der Waals surface area (Å²) >= 11 is 0. The number of hydrogen-bond donors (Lipinski definition) is 1. The van der Waals surface area contributed by atoms with Gasteiger partial charge in [-0.3, -0.25) is 4.79 Å². The summed E-state index contributed by atoms with van der Waals surface area (Å²) in [4.78, 5) is 23.0. The van der Waals surface area contributed by atoms with Gasteiger partial charge in [-0.2, -0.15) is 0 Å². The molecule has 2 aromatic rings. The van der Waals surface area contributed by atoms with Gasteiger partial charge in [0.2, 0.25) is 11.9 Å². The lowest BCUT2D eigenvalue weighted by Crippen LogP contribution is -2.37. The molecule has 1 saturated heterocycles. The van der Waals surface area contributed by atoms with Crippen LogP contribution < -0.4 is 10.2 Å². The molecule has 2 aromatic heterocycles. The largest absolute Gasteiger partial charge is 0.378 e. The first-order valence-corrected chi connectivity index (χ1v) is 8.46. The average Bonchev–Trinajstić information content (AvgIpc) is 2.97. The predicted octanol–water partition coefficient (Wildman–Crippen LogP) is 1.17. The van der Waals surface area contributed by atoms with E-state index >= 15 is 0 Å². The lowest BCUT2D eigenvalue weighted by atomic mass is 10.1. The maximum atomic E-state index is 12.1. The number of hydrogen-bond acceptors (Lipinski definition) is 7. The van der Waals surface area contributed by atoms with Crippen LogP contribution in [0.5, 0.6) is 0 Å². The van der Waals surface area contributed by atoms with E-state index in [1.165, 1.54) is 0 Å². The van der Waals surface area contributed by atoms with Crippen molar-refractivity contribution in [1.82, 2.24) is 20.4 Å². The Morgan fingerprint density at radius 1 is 1.32 bits per heavy atom. The van der Waals surface area contributed by atoms with E-state index in [0.717, 1.165) is 35.8 Å². The highest BCUT2D eigenvalue weighted by Crippen LogP contribution is 2.14. The Labute approximate surface area is 146 Å². The fourth-order valence-electron chi connectivity index (χ4n) is 2.77. The quantitative estimate of drug-likeness (QED) is 0.840. The molecular weight excluding hydrogens is 322 g/mol. The number of carbonyl (C=O) groups excluding carboxylic acids is 1. The van der Waals surface area contributed by atoms with Crippen molar-refractivity contribution in [2.75, 3.05) is 31.2 Å². The molecule has 0 saturated carbocycles. The summed E-state index contributed by atoms with van der Waals surface area (Å²) in [7, 11) is 0. The molecule has 1 aliphatic rings. The Bertz CT molecular complexity index is 705. The summed E-state index contributed by atoms with van der Waals surface area (Å²) < 4.78 is 10.5. The summed E-state index contributed by atoms with van der Waals surface area (Å²) in [6.07, 6.45) is 2.74. The summed E-state index contributed by atoms with van der Waals surface area (Å²) in [5.41, 5.74) is 2.64. The molecule has 1 fully saturated rings. The summed E-state index contributed by atoms with van der Waals surface area (Å²) in [5, 5.41) is 6.81. The number of rotatable bonds is 6. The Hall–Kier alpha value is -2.48. The molecule has 3 heterocycles. The maximum absolute atomic E-state index is 12.1. The SMILES string of the molecule is Cc1noc(C)c1CCC(=O)NCc1ccnc(N2CCOCC2)n1. The second kappa shape index (κ2) is 8.06. The number of anilines is 1. The van der Waals surface area contributed by atoms with Gasteiger partial charge in [-0.05, 0) is 26.3 Å². The fraction of sp³-hybridized carbons (Fsp3) is 0.529. The molecule has 25 heavy (non-hydrogen) atoms. The van der Waals surface area contributed by atoms with Gasteiger partial charge in [-0.25, -0.2) is 9.97 Å². The van der Waals surface area contributed by atoms with Crippen molar-refractivity contribution < 1.29 is 14.1 Å². The molecule has 8 heteroatoms. The van der Waals surface area contributed by atoms with E-state index in [4.69, 9.17) is 9.26 Å². The highest BCUT2D eigenvalue weighted by molar-refractivity contribution is 5.76. The van der Waals surface area contributed by atoms with Crippen LogP contribution in [0.15, 0.2) is 16.8 Å². The van der Waals surface area contributed by atoms with Crippen molar-refractivity contribution in [2.45, 2.75) is 33.2 Å². The zero-order valence-corrected chi connectivity index (χ0v) is 14.6. The van der Waals surface area contributed by atoms with Crippen LogP contribution in [0.4, 0.5) is 5.95 Å². The number of ether oxygens (including phenoxy) is 1. The lowest BCUT2D eigenvalue weighted by Gasteiger charge is -2.26. The minimum absolute atomic E-state index is 0.0217. The number of aromatic nitrogens is 3. The molecule has 0 aliphatic carbocycles. The smallest absolute Gasteiger partial charge is 0.225 e. The third-order valence-electron chi connectivity index (χ3n) is 4.24. The van der Waals surface area contributed by atoms with Crippen LogP contribution in [0.25, 0.3) is 0 Å².